The van der Waals surface area contributed by atoms with E-state index in [0.29, 0.717) is 12.1 Å². The van der Waals surface area contributed by atoms with Crippen LogP contribution in [0.1, 0.15) is 35.3 Å². The van der Waals surface area contributed by atoms with Gasteiger partial charge in [0.2, 0.25) is 11.8 Å². The second-order valence-corrected chi connectivity index (χ2v) is 8.28. The summed E-state index contributed by atoms with van der Waals surface area (Å²) in [6.45, 7) is 8.57. The third-order valence-electron chi connectivity index (χ3n) is 5.21. The Morgan fingerprint density at radius 1 is 1.03 bits per heavy atom. The fourth-order valence-corrected chi connectivity index (χ4v) is 3.57. The minimum absolute atomic E-state index is 0.0286. The summed E-state index contributed by atoms with van der Waals surface area (Å²) in [5.74, 6) is -0.278. The summed E-state index contributed by atoms with van der Waals surface area (Å²) in [6, 6.07) is 15.0. The molecule has 1 saturated heterocycles. The zero-order valence-electron chi connectivity index (χ0n) is 18.1. The van der Waals surface area contributed by atoms with Crippen molar-refractivity contribution in [3.8, 4) is 0 Å². The molecule has 2 aromatic rings. The highest BCUT2D eigenvalue weighted by Gasteiger charge is 2.33. The quantitative estimate of drug-likeness (QED) is 0.739. The van der Waals surface area contributed by atoms with Crippen molar-refractivity contribution in [2.45, 2.75) is 27.7 Å². The number of amides is 3. The Balaban J connectivity index is 1.73. The number of benzene rings is 2. The van der Waals surface area contributed by atoms with E-state index in [4.69, 9.17) is 0 Å². The minimum atomic E-state index is -0.222. The maximum Gasteiger partial charge on any atom is 0.254 e. The van der Waals surface area contributed by atoms with Crippen LogP contribution in [0.15, 0.2) is 48.5 Å². The summed E-state index contributed by atoms with van der Waals surface area (Å²) in [6.07, 6.45) is 0. The highest BCUT2D eigenvalue weighted by Crippen LogP contribution is 2.20. The third kappa shape index (κ3) is 4.87. The summed E-state index contributed by atoms with van der Waals surface area (Å²) >= 11 is 0. The molecule has 0 radical (unpaired) electrons. The molecule has 0 aromatic heterocycles. The molecule has 3 amide bonds. The summed E-state index contributed by atoms with van der Waals surface area (Å²) in [5.41, 5.74) is 3.36. The highest BCUT2D eigenvalue weighted by atomic mass is 16.2. The van der Waals surface area contributed by atoms with Gasteiger partial charge in [-0.3, -0.25) is 19.3 Å². The molecule has 1 heterocycles. The molecule has 0 saturated carbocycles. The van der Waals surface area contributed by atoms with Crippen LogP contribution in [-0.4, -0.2) is 53.8 Å². The standard InChI is InChI=1S/C24H29N3O3/c1-17(2)13-25(24(30)21-8-6-5-7-19(21)4)14-22(28)26-15-23(29)27(16-26)20-11-9-18(3)10-12-20/h5-12,17H,13-16H2,1-4H3. The Kier molecular flexibility index (Phi) is 6.55. The van der Waals surface area contributed by atoms with Crippen molar-refractivity contribution in [1.82, 2.24) is 9.80 Å². The zero-order chi connectivity index (χ0) is 21.8. The van der Waals surface area contributed by atoms with Gasteiger partial charge in [-0.15, -0.1) is 0 Å². The van der Waals surface area contributed by atoms with Gasteiger partial charge in [0.1, 0.15) is 19.8 Å². The van der Waals surface area contributed by atoms with E-state index in [2.05, 4.69) is 0 Å². The maximum absolute atomic E-state index is 13.1. The van der Waals surface area contributed by atoms with Crippen molar-refractivity contribution in [3.05, 3.63) is 65.2 Å². The van der Waals surface area contributed by atoms with E-state index in [9.17, 15) is 14.4 Å². The lowest BCUT2D eigenvalue weighted by Gasteiger charge is -2.27. The molecule has 0 spiro atoms. The van der Waals surface area contributed by atoms with E-state index >= 15 is 0 Å². The Labute approximate surface area is 178 Å². The summed E-state index contributed by atoms with van der Waals surface area (Å²) in [7, 11) is 0. The van der Waals surface area contributed by atoms with Gasteiger partial charge in [0.25, 0.3) is 5.91 Å². The van der Waals surface area contributed by atoms with Crippen molar-refractivity contribution in [2.24, 2.45) is 5.92 Å². The number of carbonyl (C=O) groups excluding carboxylic acids is 3. The molecule has 0 unspecified atom stereocenters. The second-order valence-electron chi connectivity index (χ2n) is 8.28. The van der Waals surface area contributed by atoms with Gasteiger partial charge in [0.15, 0.2) is 0 Å². The molecule has 0 bridgehead atoms. The summed E-state index contributed by atoms with van der Waals surface area (Å²) < 4.78 is 0. The molecule has 3 rings (SSSR count). The van der Waals surface area contributed by atoms with Crippen LogP contribution in [0.25, 0.3) is 0 Å². The molecule has 6 heteroatoms. The van der Waals surface area contributed by atoms with E-state index in [1.54, 1.807) is 15.9 Å². The van der Waals surface area contributed by atoms with Gasteiger partial charge in [-0.05, 0) is 43.5 Å². The van der Waals surface area contributed by atoms with Gasteiger partial charge in [-0.1, -0.05) is 49.7 Å². The molecule has 158 valence electrons. The monoisotopic (exact) mass is 407 g/mol. The van der Waals surface area contributed by atoms with E-state index in [-0.39, 0.29) is 43.4 Å². The van der Waals surface area contributed by atoms with E-state index in [1.165, 1.54) is 4.90 Å². The topological polar surface area (TPSA) is 60.9 Å². The Morgan fingerprint density at radius 3 is 2.33 bits per heavy atom. The first kappa shape index (κ1) is 21.6. The first-order chi connectivity index (χ1) is 14.3. The molecule has 30 heavy (non-hydrogen) atoms. The van der Waals surface area contributed by atoms with Crippen LogP contribution in [0.4, 0.5) is 5.69 Å². The van der Waals surface area contributed by atoms with Crippen LogP contribution in [-0.2, 0) is 9.59 Å². The third-order valence-corrected chi connectivity index (χ3v) is 5.21. The minimum Gasteiger partial charge on any atom is -0.329 e. The fourth-order valence-electron chi connectivity index (χ4n) is 3.57. The van der Waals surface area contributed by atoms with E-state index in [0.717, 1.165) is 16.8 Å². The molecule has 1 fully saturated rings. The molecule has 0 aliphatic carbocycles. The zero-order valence-corrected chi connectivity index (χ0v) is 18.1. The molecule has 6 nitrogen and oxygen atoms in total. The predicted molar refractivity (Wildman–Crippen MR) is 117 cm³/mol. The average Bonchev–Trinajstić information content (AvgIpc) is 3.09. The van der Waals surface area contributed by atoms with Gasteiger partial charge in [0.05, 0.1) is 0 Å². The van der Waals surface area contributed by atoms with E-state index in [1.807, 2.05) is 70.2 Å². The Bertz CT molecular complexity index is 937. The number of anilines is 1. The molecular formula is C24H29N3O3. The molecule has 0 atom stereocenters. The van der Waals surface area contributed by atoms with Crippen molar-refractivity contribution >= 4 is 23.4 Å². The SMILES string of the molecule is Cc1ccc(N2CN(C(=O)CN(CC(C)C)C(=O)c3ccccc3C)CC2=O)cc1. The fraction of sp³-hybridized carbons (Fsp3) is 0.375. The molecular weight excluding hydrogens is 378 g/mol. The van der Waals surface area contributed by atoms with Crippen molar-refractivity contribution in [3.63, 3.8) is 0 Å². The summed E-state index contributed by atoms with van der Waals surface area (Å²) in [5, 5.41) is 0. The van der Waals surface area contributed by atoms with Gasteiger partial charge in [0, 0.05) is 17.8 Å². The first-order valence-corrected chi connectivity index (χ1v) is 10.3. The van der Waals surface area contributed by atoms with Crippen LogP contribution < -0.4 is 4.90 Å². The number of hydrogen-bond donors (Lipinski definition) is 0. The predicted octanol–water partition coefficient (Wildman–Crippen LogP) is 3.23. The lowest BCUT2D eigenvalue weighted by molar-refractivity contribution is -0.132. The molecule has 1 aliphatic heterocycles. The van der Waals surface area contributed by atoms with Crippen LogP contribution >= 0.6 is 0 Å². The highest BCUT2D eigenvalue weighted by molar-refractivity contribution is 6.01. The maximum atomic E-state index is 13.1. The van der Waals surface area contributed by atoms with Gasteiger partial charge >= 0.3 is 0 Å². The number of rotatable bonds is 6. The van der Waals surface area contributed by atoms with Crippen molar-refractivity contribution < 1.29 is 14.4 Å². The smallest absolute Gasteiger partial charge is 0.254 e. The number of hydrogen-bond acceptors (Lipinski definition) is 3. The van der Waals surface area contributed by atoms with Crippen molar-refractivity contribution in [1.29, 1.82) is 0 Å². The Hall–Kier alpha value is -3.15. The first-order valence-electron chi connectivity index (χ1n) is 10.3. The average molecular weight is 408 g/mol. The van der Waals surface area contributed by atoms with Gasteiger partial charge in [-0.2, -0.15) is 0 Å². The van der Waals surface area contributed by atoms with E-state index < -0.39 is 0 Å². The van der Waals surface area contributed by atoms with Crippen molar-refractivity contribution in [2.75, 3.05) is 31.2 Å². The lowest BCUT2D eigenvalue weighted by atomic mass is 10.1. The number of aryl methyl sites for hydroxylation is 2. The number of carbonyl (C=O) groups is 3. The molecule has 1 aliphatic rings. The van der Waals surface area contributed by atoms with Crippen LogP contribution in [0, 0.1) is 19.8 Å². The second kappa shape index (κ2) is 9.11. The van der Waals surface area contributed by atoms with Crippen LogP contribution in [0.3, 0.4) is 0 Å². The van der Waals surface area contributed by atoms with Crippen LogP contribution in [0.5, 0.6) is 0 Å². The normalized spacial score (nSPS) is 13.8. The van der Waals surface area contributed by atoms with Crippen LogP contribution in [0.2, 0.25) is 0 Å². The lowest BCUT2D eigenvalue weighted by Crippen LogP contribution is -2.44. The molecule has 2 aromatic carbocycles. The molecule has 0 N–H and O–H groups in total. The number of nitrogens with zero attached hydrogens (tertiary/aromatic N) is 3. The van der Waals surface area contributed by atoms with Gasteiger partial charge in [-0.25, -0.2) is 0 Å². The summed E-state index contributed by atoms with van der Waals surface area (Å²) in [4.78, 5) is 43.3. The largest absolute Gasteiger partial charge is 0.329 e. The Morgan fingerprint density at radius 2 is 1.70 bits per heavy atom. The van der Waals surface area contributed by atoms with Gasteiger partial charge < -0.3 is 9.80 Å².